The van der Waals surface area contributed by atoms with Gasteiger partial charge in [0.15, 0.2) is 0 Å². The molecule has 1 unspecified atom stereocenters. The van der Waals surface area contributed by atoms with Crippen LogP contribution in [0.4, 0.5) is 5.69 Å². The summed E-state index contributed by atoms with van der Waals surface area (Å²) in [4.78, 5) is 12.0. The van der Waals surface area contributed by atoms with E-state index < -0.39 is 0 Å². The molecule has 0 bridgehead atoms. The number of carbonyl (C=O) groups is 1. The molecule has 1 atom stereocenters. The number of fused-ring (bicyclic) bond motifs is 1. The fourth-order valence-electron chi connectivity index (χ4n) is 2.16. The maximum atomic E-state index is 12.0. The molecule has 0 saturated heterocycles. The molecule has 0 spiro atoms. The van der Waals surface area contributed by atoms with Crippen LogP contribution < -0.4 is 10.6 Å². The smallest absolute Gasteiger partial charge is 0.241 e. The summed E-state index contributed by atoms with van der Waals surface area (Å²) in [5.41, 5.74) is 2.15. The third-order valence-electron chi connectivity index (χ3n) is 3.14. The van der Waals surface area contributed by atoms with Gasteiger partial charge >= 0.3 is 0 Å². The lowest BCUT2D eigenvalue weighted by Gasteiger charge is -2.14. The number of anilines is 1. The molecule has 1 aliphatic rings. The summed E-state index contributed by atoms with van der Waals surface area (Å²) < 4.78 is 5.26. The fourth-order valence-corrected chi connectivity index (χ4v) is 2.16. The van der Waals surface area contributed by atoms with Crippen molar-refractivity contribution in [2.24, 2.45) is 0 Å². The van der Waals surface area contributed by atoms with E-state index in [2.05, 4.69) is 16.7 Å². The number of hydrogen-bond donors (Lipinski definition) is 2. The molecule has 1 aromatic rings. The van der Waals surface area contributed by atoms with E-state index in [0.717, 1.165) is 18.5 Å². The van der Waals surface area contributed by atoms with Crippen molar-refractivity contribution >= 4 is 11.6 Å². The number of carbonyl (C=O) groups excluding carboxylic acids is 1. The Morgan fingerprint density at radius 3 is 3.11 bits per heavy atom. The molecule has 0 radical (unpaired) electrons. The van der Waals surface area contributed by atoms with Gasteiger partial charge in [0, 0.05) is 18.8 Å². The average molecular weight is 248 g/mol. The zero-order valence-corrected chi connectivity index (χ0v) is 10.7. The molecule has 2 N–H and O–H groups in total. The number of nitrogens with one attached hydrogen (secondary N) is 2. The Labute approximate surface area is 108 Å². The van der Waals surface area contributed by atoms with Crippen LogP contribution in [-0.2, 0) is 16.0 Å². The van der Waals surface area contributed by atoms with E-state index in [1.54, 1.807) is 0 Å². The predicted molar refractivity (Wildman–Crippen MR) is 71.7 cm³/mol. The van der Waals surface area contributed by atoms with Crippen LogP contribution in [0, 0.1) is 0 Å². The molecule has 1 aliphatic heterocycles. The van der Waals surface area contributed by atoms with Crippen molar-refractivity contribution < 1.29 is 9.53 Å². The molecule has 0 aromatic heterocycles. The third-order valence-corrected chi connectivity index (χ3v) is 3.14. The summed E-state index contributed by atoms with van der Waals surface area (Å²) in [6.45, 7) is 4.04. The van der Waals surface area contributed by atoms with Gasteiger partial charge in [0.2, 0.25) is 5.91 Å². The maximum Gasteiger partial charge on any atom is 0.241 e. The van der Waals surface area contributed by atoms with Gasteiger partial charge in [-0.2, -0.15) is 0 Å². The van der Waals surface area contributed by atoms with Gasteiger partial charge in [-0.05, 0) is 31.4 Å². The molecule has 2 rings (SSSR count). The van der Waals surface area contributed by atoms with Crippen LogP contribution in [0.15, 0.2) is 24.3 Å². The average Bonchev–Trinajstić information content (AvgIpc) is 2.54. The standard InChI is InChI=1S/C14H20N2O2/c1-2-18-10-9-15-13-8-7-11-5-3-4-6-12(11)16-14(13)17/h3-6,13,15H,2,7-10H2,1H3,(H,16,17). The summed E-state index contributed by atoms with van der Waals surface area (Å²) >= 11 is 0. The number of benzene rings is 1. The SMILES string of the molecule is CCOCCNC1CCc2ccccc2NC1=O. The highest BCUT2D eigenvalue weighted by molar-refractivity contribution is 5.96. The first-order valence-corrected chi connectivity index (χ1v) is 6.51. The van der Waals surface area contributed by atoms with Crippen molar-refractivity contribution in [2.45, 2.75) is 25.8 Å². The molecule has 1 amide bonds. The van der Waals surface area contributed by atoms with E-state index in [9.17, 15) is 4.79 Å². The second kappa shape index (κ2) is 6.52. The second-order valence-electron chi connectivity index (χ2n) is 4.39. The lowest BCUT2D eigenvalue weighted by Crippen LogP contribution is -2.41. The zero-order chi connectivity index (χ0) is 12.8. The quantitative estimate of drug-likeness (QED) is 0.778. The number of rotatable bonds is 5. The molecular formula is C14H20N2O2. The van der Waals surface area contributed by atoms with Crippen molar-refractivity contribution in [3.63, 3.8) is 0 Å². The van der Waals surface area contributed by atoms with Crippen molar-refractivity contribution in [1.29, 1.82) is 0 Å². The number of aryl methyl sites for hydroxylation is 1. The Morgan fingerprint density at radius 1 is 1.44 bits per heavy atom. The first-order valence-electron chi connectivity index (χ1n) is 6.51. The van der Waals surface area contributed by atoms with Crippen LogP contribution in [0.1, 0.15) is 18.9 Å². The normalized spacial score (nSPS) is 18.9. The van der Waals surface area contributed by atoms with Gasteiger partial charge in [-0.25, -0.2) is 0 Å². The van der Waals surface area contributed by atoms with E-state index in [1.807, 2.05) is 25.1 Å². The first kappa shape index (κ1) is 13.1. The van der Waals surface area contributed by atoms with E-state index in [1.165, 1.54) is 5.56 Å². The number of hydrogen-bond acceptors (Lipinski definition) is 3. The topological polar surface area (TPSA) is 50.4 Å². The van der Waals surface area contributed by atoms with Gasteiger partial charge in [-0.15, -0.1) is 0 Å². The summed E-state index contributed by atoms with van der Waals surface area (Å²) in [6.07, 6.45) is 1.75. The van der Waals surface area contributed by atoms with E-state index in [-0.39, 0.29) is 11.9 Å². The van der Waals surface area contributed by atoms with Crippen LogP contribution >= 0.6 is 0 Å². The highest BCUT2D eigenvalue weighted by Gasteiger charge is 2.22. The lowest BCUT2D eigenvalue weighted by molar-refractivity contribution is -0.118. The number of para-hydroxylation sites is 1. The molecule has 0 saturated carbocycles. The number of ether oxygens (including phenoxy) is 1. The van der Waals surface area contributed by atoms with Crippen molar-refractivity contribution in [2.75, 3.05) is 25.1 Å². The number of amides is 1. The van der Waals surface area contributed by atoms with Crippen molar-refractivity contribution in [3.05, 3.63) is 29.8 Å². The maximum absolute atomic E-state index is 12.0. The summed E-state index contributed by atoms with van der Waals surface area (Å²) in [7, 11) is 0. The molecule has 0 fully saturated rings. The zero-order valence-electron chi connectivity index (χ0n) is 10.7. The van der Waals surface area contributed by atoms with E-state index in [0.29, 0.717) is 19.8 Å². The fraction of sp³-hybridized carbons (Fsp3) is 0.500. The van der Waals surface area contributed by atoms with Gasteiger partial charge in [-0.1, -0.05) is 18.2 Å². The summed E-state index contributed by atoms with van der Waals surface area (Å²) in [5.74, 6) is 0.0523. The molecule has 4 nitrogen and oxygen atoms in total. The first-order chi connectivity index (χ1) is 8.81. The Morgan fingerprint density at radius 2 is 2.28 bits per heavy atom. The van der Waals surface area contributed by atoms with E-state index in [4.69, 9.17) is 4.74 Å². The van der Waals surface area contributed by atoms with Crippen molar-refractivity contribution in [1.82, 2.24) is 5.32 Å². The molecular weight excluding hydrogens is 228 g/mol. The van der Waals surface area contributed by atoms with Crippen LogP contribution in [0.25, 0.3) is 0 Å². The molecule has 0 aliphatic carbocycles. The highest BCUT2D eigenvalue weighted by Crippen LogP contribution is 2.21. The minimum absolute atomic E-state index is 0.0523. The Balaban J connectivity index is 1.91. The highest BCUT2D eigenvalue weighted by atomic mass is 16.5. The summed E-state index contributed by atoms with van der Waals surface area (Å²) in [6, 6.07) is 7.85. The molecule has 4 heteroatoms. The minimum Gasteiger partial charge on any atom is -0.380 e. The second-order valence-corrected chi connectivity index (χ2v) is 4.39. The molecule has 98 valence electrons. The Bertz CT molecular complexity index is 407. The van der Waals surface area contributed by atoms with Gasteiger partial charge < -0.3 is 15.4 Å². The van der Waals surface area contributed by atoms with Crippen LogP contribution in [0.2, 0.25) is 0 Å². The summed E-state index contributed by atoms with van der Waals surface area (Å²) in [5, 5.41) is 6.22. The van der Waals surface area contributed by atoms with Gasteiger partial charge in [0.05, 0.1) is 12.6 Å². The molecule has 1 heterocycles. The minimum atomic E-state index is -0.127. The van der Waals surface area contributed by atoms with Crippen LogP contribution in [-0.4, -0.2) is 31.7 Å². The Kier molecular flexibility index (Phi) is 4.73. The van der Waals surface area contributed by atoms with Crippen LogP contribution in [0.5, 0.6) is 0 Å². The van der Waals surface area contributed by atoms with Gasteiger partial charge in [-0.3, -0.25) is 4.79 Å². The van der Waals surface area contributed by atoms with Gasteiger partial charge in [0.1, 0.15) is 0 Å². The monoisotopic (exact) mass is 248 g/mol. The lowest BCUT2D eigenvalue weighted by atomic mass is 10.1. The predicted octanol–water partition coefficient (Wildman–Crippen LogP) is 1.57. The van der Waals surface area contributed by atoms with Crippen LogP contribution in [0.3, 0.4) is 0 Å². The Hall–Kier alpha value is -1.39. The van der Waals surface area contributed by atoms with Gasteiger partial charge in [0.25, 0.3) is 0 Å². The molecule has 1 aromatic carbocycles. The van der Waals surface area contributed by atoms with Crippen molar-refractivity contribution in [3.8, 4) is 0 Å². The van der Waals surface area contributed by atoms with E-state index >= 15 is 0 Å². The third kappa shape index (κ3) is 3.31. The molecule has 18 heavy (non-hydrogen) atoms. The largest absolute Gasteiger partial charge is 0.380 e.